The quantitative estimate of drug-likeness (QED) is 0.726. The van der Waals surface area contributed by atoms with Crippen molar-refractivity contribution < 1.29 is 14.2 Å². The summed E-state index contributed by atoms with van der Waals surface area (Å²) >= 11 is 0. The van der Waals surface area contributed by atoms with Crippen LogP contribution < -0.4 is 19.5 Å². The summed E-state index contributed by atoms with van der Waals surface area (Å²) in [6.07, 6.45) is 0. The molecule has 0 atom stereocenters. The molecule has 3 aromatic carbocycles. The molecule has 124 valence electrons. The Morgan fingerprint density at radius 3 is 2.25 bits per heavy atom. The first-order valence-corrected chi connectivity index (χ1v) is 7.78. The molecule has 0 bridgehead atoms. The van der Waals surface area contributed by atoms with E-state index in [0.717, 1.165) is 11.3 Å². The molecule has 1 N–H and O–H groups in total. The van der Waals surface area contributed by atoms with Crippen LogP contribution in [0.25, 0.3) is 10.8 Å². The Bertz CT molecular complexity index is 840. The van der Waals surface area contributed by atoms with Crippen molar-refractivity contribution in [2.24, 2.45) is 0 Å². The molecule has 4 nitrogen and oxygen atoms in total. The van der Waals surface area contributed by atoms with Gasteiger partial charge in [-0.15, -0.1) is 0 Å². The molecule has 0 amide bonds. The Kier molecular flexibility index (Phi) is 4.75. The van der Waals surface area contributed by atoms with Crippen molar-refractivity contribution in [1.29, 1.82) is 0 Å². The van der Waals surface area contributed by atoms with Crippen molar-refractivity contribution in [3.05, 3.63) is 60.2 Å². The van der Waals surface area contributed by atoms with E-state index in [0.29, 0.717) is 23.8 Å². The Morgan fingerprint density at radius 2 is 1.50 bits per heavy atom. The van der Waals surface area contributed by atoms with Crippen LogP contribution in [-0.4, -0.2) is 21.3 Å². The van der Waals surface area contributed by atoms with Gasteiger partial charge in [0.05, 0.1) is 21.3 Å². The number of hydrogen-bond donors (Lipinski definition) is 1. The minimum atomic E-state index is 0.609. The van der Waals surface area contributed by atoms with E-state index in [1.54, 1.807) is 21.3 Å². The molecule has 3 aromatic rings. The second kappa shape index (κ2) is 7.13. The van der Waals surface area contributed by atoms with E-state index in [1.165, 1.54) is 10.8 Å². The maximum absolute atomic E-state index is 5.54. The van der Waals surface area contributed by atoms with Gasteiger partial charge in [-0.2, -0.15) is 0 Å². The second-order valence-corrected chi connectivity index (χ2v) is 5.37. The molecule has 0 aliphatic heterocycles. The van der Waals surface area contributed by atoms with Crippen molar-refractivity contribution in [2.75, 3.05) is 26.6 Å². The number of ether oxygens (including phenoxy) is 3. The van der Waals surface area contributed by atoms with Gasteiger partial charge in [0.1, 0.15) is 0 Å². The van der Waals surface area contributed by atoms with Crippen LogP contribution in [0.3, 0.4) is 0 Å². The van der Waals surface area contributed by atoms with E-state index in [9.17, 15) is 0 Å². The van der Waals surface area contributed by atoms with Crippen LogP contribution in [0.15, 0.2) is 54.6 Å². The van der Waals surface area contributed by atoms with Crippen LogP contribution >= 0.6 is 0 Å². The van der Waals surface area contributed by atoms with Crippen molar-refractivity contribution in [3.63, 3.8) is 0 Å². The Hall–Kier alpha value is -2.88. The summed E-state index contributed by atoms with van der Waals surface area (Å²) in [4.78, 5) is 0. The van der Waals surface area contributed by atoms with Gasteiger partial charge in [0.25, 0.3) is 0 Å². The first-order chi connectivity index (χ1) is 11.8. The van der Waals surface area contributed by atoms with Crippen LogP contribution in [0.5, 0.6) is 17.2 Å². The monoisotopic (exact) mass is 323 g/mol. The SMILES string of the molecule is COc1ccc(CNc2cccc3ccccc23)c(OC)c1OC. The molecule has 0 heterocycles. The minimum Gasteiger partial charge on any atom is -0.493 e. The molecule has 0 spiro atoms. The Balaban J connectivity index is 1.91. The first kappa shape index (κ1) is 16.0. The number of nitrogens with one attached hydrogen (secondary N) is 1. The topological polar surface area (TPSA) is 39.7 Å². The second-order valence-electron chi connectivity index (χ2n) is 5.37. The zero-order chi connectivity index (χ0) is 16.9. The van der Waals surface area contributed by atoms with E-state index in [2.05, 4.69) is 35.6 Å². The van der Waals surface area contributed by atoms with E-state index in [1.807, 2.05) is 24.3 Å². The highest BCUT2D eigenvalue weighted by Crippen LogP contribution is 2.40. The Labute approximate surface area is 142 Å². The summed E-state index contributed by atoms with van der Waals surface area (Å²) in [7, 11) is 4.87. The van der Waals surface area contributed by atoms with Gasteiger partial charge < -0.3 is 19.5 Å². The van der Waals surface area contributed by atoms with Gasteiger partial charge in [0.15, 0.2) is 11.5 Å². The third-order valence-corrected chi connectivity index (χ3v) is 4.04. The highest BCUT2D eigenvalue weighted by Gasteiger charge is 2.15. The number of hydrogen-bond acceptors (Lipinski definition) is 4. The molecule has 0 fully saturated rings. The van der Waals surface area contributed by atoms with Crippen molar-refractivity contribution >= 4 is 16.5 Å². The fourth-order valence-corrected chi connectivity index (χ4v) is 2.87. The number of anilines is 1. The fraction of sp³-hybridized carbons (Fsp3) is 0.200. The molecule has 0 saturated carbocycles. The molecule has 0 saturated heterocycles. The molecule has 24 heavy (non-hydrogen) atoms. The fourth-order valence-electron chi connectivity index (χ4n) is 2.87. The third-order valence-electron chi connectivity index (χ3n) is 4.04. The van der Waals surface area contributed by atoms with E-state index >= 15 is 0 Å². The molecule has 3 rings (SSSR count). The summed E-state index contributed by atoms with van der Waals surface area (Å²) in [5, 5.41) is 5.89. The van der Waals surface area contributed by atoms with Crippen LogP contribution in [0.2, 0.25) is 0 Å². The highest BCUT2D eigenvalue weighted by molar-refractivity contribution is 5.93. The van der Waals surface area contributed by atoms with Crippen LogP contribution in [0, 0.1) is 0 Å². The van der Waals surface area contributed by atoms with Gasteiger partial charge >= 0.3 is 0 Å². The summed E-state index contributed by atoms with van der Waals surface area (Å²) in [5.41, 5.74) is 2.09. The average molecular weight is 323 g/mol. The third kappa shape index (κ3) is 2.95. The van der Waals surface area contributed by atoms with Crippen molar-refractivity contribution in [3.8, 4) is 17.2 Å². The van der Waals surface area contributed by atoms with Gasteiger partial charge in [-0.3, -0.25) is 0 Å². The number of methoxy groups -OCH3 is 3. The maximum Gasteiger partial charge on any atom is 0.203 e. The average Bonchev–Trinajstić information content (AvgIpc) is 2.65. The van der Waals surface area contributed by atoms with Crippen LogP contribution in [-0.2, 0) is 6.54 Å². The highest BCUT2D eigenvalue weighted by atomic mass is 16.5. The molecule has 0 aromatic heterocycles. The molecular formula is C20H21NO3. The number of benzene rings is 3. The lowest BCUT2D eigenvalue weighted by Crippen LogP contribution is -2.04. The first-order valence-electron chi connectivity index (χ1n) is 7.78. The number of fused-ring (bicyclic) bond motifs is 1. The molecule has 0 unspecified atom stereocenters. The summed E-state index contributed by atoms with van der Waals surface area (Å²) in [6, 6.07) is 18.4. The normalized spacial score (nSPS) is 10.5. The van der Waals surface area contributed by atoms with Crippen LogP contribution in [0.4, 0.5) is 5.69 Å². The lowest BCUT2D eigenvalue weighted by Gasteiger charge is -2.17. The summed E-state index contributed by atoms with van der Waals surface area (Å²) in [5.74, 6) is 1.95. The Morgan fingerprint density at radius 1 is 0.750 bits per heavy atom. The van der Waals surface area contributed by atoms with Gasteiger partial charge in [0.2, 0.25) is 5.75 Å². The van der Waals surface area contributed by atoms with E-state index in [-0.39, 0.29) is 0 Å². The van der Waals surface area contributed by atoms with E-state index < -0.39 is 0 Å². The molecule has 0 radical (unpaired) electrons. The smallest absolute Gasteiger partial charge is 0.203 e. The van der Waals surface area contributed by atoms with Crippen molar-refractivity contribution in [2.45, 2.75) is 6.54 Å². The molecular weight excluding hydrogens is 302 g/mol. The largest absolute Gasteiger partial charge is 0.493 e. The molecule has 4 heteroatoms. The predicted octanol–water partition coefficient (Wildman–Crippen LogP) is 4.48. The minimum absolute atomic E-state index is 0.609. The number of rotatable bonds is 6. The zero-order valence-electron chi connectivity index (χ0n) is 14.1. The van der Waals surface area contributed by atoms with Gasteiger partial charge in [-0.1, -0.05) is 36.4 Å². The van der Waals surface area contributed by atoms with Gasteiger partial charge in [-0.25, -0.2) is 0 Å². The predicted molar refractivity (Wildman–Crippen MR) is 97.4 cm³/mol. The summed E-state index contributed by atoms with van der Waals surface area (Å²) in [6.45, 7) is 0.623. The van der Waals surface area contributed by atoms with Gasteiger partial charge in [-0.05, 0) is 23.6 Å². The van der Waals surface area contributed by atoms with Crippen LogP contribution in [0.1, 0.15) is 5.56 Å². The zero-order valence-corrected chi connectivity index (χ0v) is 14.1. The lowest BCUT2D eigenvalue weighted by atomic mass is 10.1. The molecule has 0 aliphatic carbocycles. The van der Waals surface area contributed by atoms with Crippen molar-refractivity contribution in [1.82, 2.24) is 0 Å². The summed E-state index contributed by atoms with van der Waals surface area (Å²) < 4.78 is 16.3. The maximum atomic E-state index is 5.54. The van der Waals surface area contributed by atoms with Gasteiger partial charge in [0, 0.05) is 23.2 Å². The van der Waals surface area contributed by atoms with E-state index in [4.69, 9.17) is 14.2 Å². The standard InChI is InChI=1S/C20H21NO3/c1-22-18-12-11-15(19(23-2)20(18)24-3)13-21-17-10-6-8-14-7-4-5-9-16(14)17/h4-12,21H,13H2,1-3H3. The lowest BCUT2D eigenvalue weighted by molar-refractivity contribution is 0.322. The molecule has 0 aliphatic rings.